The van der Waals surface area contributed by atoms with Gasteiger partial charge in [-0.1, -0.05) is 0 Å². The fraction of sp³-hybridized carbons (Fsp3) is 0.333. The number of alkyl halides is 2. The van der Waals surface area contributed by atoms with Crippen molar-refractivity contribution < 1.29 is 27.6 Å². The lowest BCUT2D eigenvalue weighted by atomic mass is 10.1. The zero-order chi connectivity index (χ0) is 13.9. The first-order valence-corrected chi connectivity index (χ1v) is 4.55. The van der Waals surface area contributed by atoms with Crippen molar-refractivity contribution in [3.63, 3.8) is 0 Å². The normalized spacial score (nSPS) is 10.5. The second-order valence-electron chi connectivity index (χ2n) is 3.13. The zero-order valence-corrected chi connectivity index (χ0v) is 9.02. The zero-order valence-electron chi connectivity index (χ0n) is 9.02. The van der Waals surface area contributed by atoms with Gasteiger partial charge in [0.05, 0.1) is 24.0 Å². The van der Waals surface area contributed by atoms with Gasteiger partial charge >= 0.3 is 11.7 Å². The van der Waals surface area contributed by atoms with Crippen LogP contribution < -0.4 is 0 Å². The Kier molecular flexibility index (Phi) is 4.18. The van der Waals surface area contributed by atoms with Crippen LogP contribution in [-0.4, -0.2) is 23.0 Å². The molecule has 0 N–H and O–H groups in total. The Morgan fingerprint density at radius 3 is 2.67 bits per heavy atom. The number of hydrogen-bond donors (Lipinski definition) is 0. The molecule has 1 aromatic rings. The second-order valence-corrected chi connectivity index (χ2v) is 3.13. The van der Waals surface area contributed by atoms with Crippen LogP contribution in [0.2, 0.25) is 0 Å². The topological polar surface area (TPSA) is 82.3 Å². The Bertz CT molecular complexity index is 493. The van der Waals surface area contributed by atoms with Gasteiger partial charge in [0.15, 0.2) is 0 Å². The van der Waals surface area contributed by atoms with Crippen LogP contribution in [0.1, 0.15) is 17.7 Å². The number of nitrogens with zero attached hydrogens (tertiary/aromatic N) is 2. The highest BCUT2D eigenvalue weighted by Crippen LogP contribution is 2.29. The molecule has 0 radical (unpaired) electrons. The van der Waals surface area contributed by atoms with Crippen molar-refractivity contribution in [3.05, 3.63) is 33.4 Å². The van der Waals surface area contributed by atoms with Gasteiger partial charge in [-0.05, 0) is 0 Å². The molecule has 1 rings (SSSR count). The predicted molar refractivity (Wildman–Crippen MR) is 51.5 cm³/mol. The molecule has 0 amide bonds. The molecular weight excluding hydrogens is 257 g/mol. The molecule has 18 heavy (non-hydrogen) atoms. The summed E-state index contributed by atoms with van der Waals surface area (Å²) in [4.78, 5) is 23.7. The van der Waals surface area contributed by atoms with Crippen molar-refractivity contribution in [3.8, 4) is 0 Å². The molecule has 0 aliphatic heterocycles. The van der Waals surface area contributed by atoms with Crippen LogP contribution in [0.15, 0.2) is 6.20 Å². The maximum Gasteiger partial charge on any atom is 0.327 e. The van der Waals surface area contributed by atoms with E-state index in [1.807, 2.05) is 0 Å². The van der Waals surface area contributed by atoms with Gasteiger partial charge in [-0.3, -0.25) is 19.9 Å². The average Bonchev–Trinajstić information content (AvgIpc) is 2.27. The van der Waals surface area contributed by atoms with Crippen LogP contribution in [0.5, 0.6) is 0 Å². The van der Waals surface area contributed by atoms with Gasteiger partial charge in [-0.15, -0.1) is 0 Å². The minimum absolute atomic E-state index is 0.464. The summed E-state index contributed by atoms with van der Waals surface area (Å²) in [5.41, 5.74) is -2.98. The standard InChI is InChI=1S/C9H7F3N2O4/c1-18-6(15)2-5-8(14(16)17)7(10)4(3-13-5)9(11)12/h3,9H,2H2,1H3. The molecule has 0 aliphatic carbocycles. The number of methoxy groups -OCH3 is 1. The number of carbonyl (C=O) groups excluding carboxylic acids is 1. The van der Waals surface area contributed by atoms with Crippen LogP contribution >= 0.6 is 0 Å². The highest BCUT2D eigenvalue weighted by molar-refractivity contribution is 5.73. The van der Waals surface area contributed by atoms with Gasteiger partial charge in [0.25, 0.3) is 6.43 Å². The van der Waals surface area contributed by atoms with Crippen LogP contribution in [0.4, 0.5) is 18.9 Å². The van der Waals surface area contributed by atoms with E-state index in [0.29, 0.717) is 6.20 Å². The average molecular weight is 264 g/mol. The van der Waals surface area contributed by atoms with Crippen molar-refractivity contribution in [2.24, 2.45) is 0 Å². The van der Waals surface area contributed by atoms with E-state index < -0.39 is 46.5 Å². The highest BCUT2D eigenvalue weighted by Gasteiger charge is 2.29. The number of carbonyl (C=O) groups is 1. The third kappa shape index (κ3) is 2.73. The summed E-state index contributed by atoms with van der Waals surface area (Å²) in [5, 5.41) is 10.6. The van der Waals surface area contributed by atoms with Crippen molar-refractivity contribution in [2.75, 3.05) is 7.11 Å². The first-order chi connectivity index (χ1) is 8.38. The molecular formula is C9H7F3N2O4. The number of halogens is 3. The summed E-state index contributed by atoms with van der Waals surface area (Å²) in [7, 11) is 1.03. The summed E-state index contributed by atoms with van der Waals surface area (Å²) in [6, 6.07) is 0. The first-order valence-electron chi connectivity index (χ1n) is 4.55. The number of nitro groups is 1. The van der Waals surface area contributed by atoms with Crippen molar-refractivity contribution in [1.82, 2.24) is 4.98 Å². The number of ether oxygens (including phenoxy) is 1. The molecule has 0 unspecified atom stereocenters. The lowest BCUT2D eigenvalue weighted by Gasteiger charge is -2.05. The van der Waals surface area contributed by atoms with Gasteiger partial charge in [-0.2, -0.15) is 4.39 Å². The van der Waals surface area contributed by atoms with Crippen LogP contribution in [0.3, 0.4) is 0 Å². The third-order valence-corrected chi connectivity index (χ3v) is 2.05. The van der Waals surface area contributed by atoms with E-state index in [2.05, 4.69) is 9.72 Å². The number of esters is 1. The minimum Gasteiger partial charge on any atom is -0.469 e. The molecule has 1 aromatic heterocycles. The van der Waals surface area contributed by atoms with E-state index in [0.717, 1.165) is 7.11 Å². The van der Waals surface area contributed by atoms with Crippen LogP contribution in [0, 0.1) is 15.9 Å². The molecule has 0 aliphatic rings. The Morgan fingerprint density at radius 2 is 2.22 bits per heavy atom. The van der Waals surface area contributed by atoms with Gasteiger partial charge in [0, 0.05) is 6.20 Å². The Labute approximate surface area is 98.5 Å². The second kappa shape index (κ2) is 5.43. The maximum absolute atomic E-state index is 13.5. The van der Waals surface area contributed by atoms with Crippen molar-refractivity contribution in [2.45, 2.75) is 12.8 Å². The highest BCUT2D eigenvalue weighted by atomic mass is 19.3. The van der Waals surface area contributed by atoms with E-state index in [1.54, 1.807) is 0 Å². The molecule has 0 fully saturated rings. The summed E-state index contributed by atoms with van der Waals surface area (Å²) in [5.74, 6) is -2.58. The Morgan fingerprint density at radius 1 is 1.61 bits per heavy atom. The lowest BCUT2D eigenvalue weighted by molar-refractivity contribution is -0.388. The monoisotopic (exact) mass is 264 g/mol. The summed E-state index contributed by atoms with van der Waals surface area (Å²) in [6.07, 6.45) is -3.44. The molecule has 0 saturated heterocycles. The number of hydrogen-bond acceptors (Lipinski definition) is 5. The quantitative estimate of drug-likeness (QED) is 0.470. The molecule has 1 heterocycles. The maximum atomic E-state index is 13.5. The third-order valence-electron chi connectivity index (χ3n) is 2.05. The van der Waals surface area contributed by atoms with Gasteiger partial charge in [0.2, 0.25) is 5.82 Å². The molecule has 98 valence electrons. The molecule has 0 spiro atoms. The van der Waals surface area contributed by atoms with E-state index >= 15 is 0 Å². The van der Waals surface area contributed by atoms with E-state index in [9.17, 15) is 28.1 Å². The Hall–Kier alpha value is -2.19. The van der Waals surface area contributed by atoms with E-state index in [1.165, 1.54) is 0 Å². The molecule has 9 heteroatoms. The van der Waals surface area contributed by atoms with E-state index in [-0.39, 0.29) is 0 Å². The largest absolute Gasteiger partial charge is 0.469 e. The summed E-state index contributed by atoms with van der Waals surface area (Å²) >= 11 is 0. The fourth-order valence-corrected chi connectivity index (χ4v) is 1.20. The molecule has 0 saturated carbocycles. The lowest BCUT2D eigenvalue weighted by Crippen LogP contribution is -2.11. The number of pyridine rings is 1. The number of aromatic nitrogens is 1. The number of rotatable bonds is 4. The smallest absolute Gasteiger partial charge is 0.327 e. The fourth-order valence-electron chi connectivity index (χ4n) is 1.20. The van der Waals surface area contributed by atoms with Crippen molar-refractivity contribution >= 4 is 11.7 Å². The van der Waals surface area contributed by atoms with Crippen LogP contribution in [0.25, 0.3) is 0 Å². The van der Waals surface area contributed by atoms with Gasteiger partial charge in [-0.25, -0.2) is 8.78 Å². The molecule has 0 atom stereocenters. The first kappa shape index (κ1) is 13.9. The van der Waals surface area contributed by atoms with Gasteiger partial charge in [0.1, 0.15) is 5.69 Å². The predicted octanol–water partition coefficient (Wildman–Crippen LogP) is 1.78. The van der Waals surface area contributed by atoms with Gasteiger partial charge < -0.3 is 4.74 Å². The Balaban J connectivity index is 3.32. The SMILES string of the molecule is COC(=O)Cc1ncc(C(F)F)c(F)c1[N+](=O)[O-]. The molecule has 0 aromatic carbocycles. The summed E-state index contributed by atoms with van der Waals surface area (Å²) < 4.78 is 42.4. The summed E-state index contributed by atoms with van der Waals surface area (Å²) in [6.45, 7) is 0. The molecule has 6 nitrogen and oxygen atoms in total. The van der Waals surface area contributed by atoms with Crippen LogP contribution in [-0.2, 0) is 16.0 Å². The van der Waals surface area contributed by atoms with E-state index in [4.69, 9.17) is 0 Å². The minimum atomic E-state index is -3.23. The van der Waals surface area contributed by atoms with Crippen molar-refractivity contribution in [1.29, 1.82) is 0 Å². The molecule has 0 bridgehead atoms.